The number of hydrogen-bond donors (Lipinski definition) is 1. The lowest BCUT2D eigenvalue weighted by atomic mass is 10.1. The number of anilines is 1. The number of allylic oxidation sites excluding steroid dienone is 1. The maximum Gasteiger partial charge on any atom is 0.161 e. The summed E-state index contributed by atoms with van der Waals surface area (Å²) in [6, 6.07) is 1.26. The number of hydrogen-bond acceptors (Lipinski definition) is 2. The first-order valence-electron chi connectivity index (χ1n) is 6.48. The van der Waals surface area contributed by atoms with E-state index in [4.69, 9.17) is 5.73 Å². The molecule has 0 radical (unpaired) electrons. The second kappa shape index (κ2) is 5.63. The van der Waals surface area contributed by atoms with Crippen molar-refractivity contribution >= 4 is 5.82 Å². The average Bonchev–Trinajstić information content (AvgIpc) is 2.73. The predicted octanol–water partition coefficient (Wildman–Crippen LogP) is 3.86. The first-order valence-corrected chi connectivity index (χ1v) is 6.48. The molecule has 0 aliphatic rings. The van der Waals surface area contributed by atoms with Crippen LogP contribution in [0.15, 0.2) is 24.8 Å². The van der Waals surface area contributed by atoms with Gasteiger partial charge in [-0.1, -0.05) is 19.9 Å². The number of benzene rings is 1. The van der Waals surface area contributed by atoms with E-state index < -0.39 is 17.5 Å². The largest absolute Gasteiger partial charge is 0.383 e. The minimum atomic E-state index is -1.25. The van der Waals surface area contributed by atoms with Crippen LogP contribution in [0.1, 0.15) is 25.6 Å². The highest BCUT2D eigenvalue weighted by Crippen LogP contribution is 2.32. The standard InChI is InChI=1S/C15H16F3N3/c1-4-5-21-14(19)13(20-15(21)8(2)3)9-6-11(17)12(18)7-10(9)16/h4,6-8H,1,5,19H2,2-3H3. The van der Waals surface area contributed by atoms with Gasteiger partial charge in [-0.25, -0.2) is 18.2 Å². The van der Waals surface area contributed by atoms with E-state index in [0.29, 0.717) is 18.4 Å². The lowest BCUT2D eigenvalue weighted by Gasteiger charge is -2.09. The number of halogens is 3. The Labute approximate surface area is 120 Å². The molecule has 0 saturated heterocycles. The van der Waals surface area contributed by atoms with Gasteiger partial charge in [0.05, 0.1) is 0 Å². The number of nitrogens with zero attached hydrogens (tertiary/aromatic N) is 2. The van der Waals surface area contributed by atoms with E-state index in [1.807, 2.05) is 13.8 Å². The number of nitrogen functional groups attached to an aromatic ring is 1. The molecule has 0 bridgehead atoms. The molecule has 6 heteroatoms. The molecule has 21 heavy (non-hydrogen) atoms. The molecule has 2 rings (SSSR count). The van der Waals surface area contributed by atoms with Gasteiger partial charge in [-0.2, -0.15) is 0 Å². The topological polar surface area (TPSA) is 43.8 Å². The summed E-state index contributed by atoms with van der Waals surface area (Å²) >= 11 is 0. The van der Waals surface area contributed by atoms with E-state index in [2.05, 4.69) is 11.6 Å². The van der Waals surface area contributed by atoms with Gasteiger partial charge in [0.1, 0.15) is 23.2 Å². The Morgan fingerprint density at radius 2 is 1.86 bits per heavy atom. The first kappa shape index (κ1) is 15.2. The molecule has 0 amide bonds. The van der Waals surface area contributed by atoms with Crippen LogP contribution in [0, 0.1) is 17.5 Å². The number of rotatable bonds is 4. The second-order valence-electron chi connectivity index (χ2n) is 5.00. The van der Waals surface area contributed by atoms with Crippen LogP contribution >= 0.6 is 0 Å². The molecular formula is C15H16F3N3. The minimum absolute atomic E-state index is 0.0364. The summed E-state index contributed by atoms with van der Waals surface area (Å²) in [6.07, 6.45) is 1.63. The van der Waals surface area contributed by atoms with Crippen molar-refractivity contribution in [3.05, 3.63) is 48.1 Å². The van der Waals surface area contributed by atoms with Gasteiger partial charge in [0.25, 0.3) is 0 Å². The van der Waals surface area contributed by atoms with Crippen molar-refractivity contribution in [2.24, 2.45) is 0 Å². The fourth-order valence-corrected chi connectivity index (χ4v) is 2.15. The van der Waals surface area contributed by atoms with Crippen LogP contribution in [-0.4, -0.2) is 9.55 Å². The second-order valence-corrected chi connectivity index (χ2v) is 5.00. The van der Waals surface area contributed by atoms with Crippen molar-refractivity contribution in [2.45, 2.75) is 26.3 Å². The summed E-state index contributed by atoms with van der Waals surface area (Å²) in [5.74, 6) is -2.43. The van der Waals surface area contributed by atoms with Gasteiger partial charge in [-0.15, -0.1) is 6.58 Å². The Bertz CT molecular complexity index is 690. The van der Waals surface area contributed by atoms with Crippen molar-refractivity contribution in [3.63, 3.8) is 0 Å². The number of aromatic nitrogens is 2. The highest BCUT2D eigenvalue weighted by Gasteiger charge is 2.21. The third-order valence-electron chi connectivity index (χ3n) is 3.13. The van der Waals surface area contributed by atoms with Gasteiger partial charge in [0.2, 0.25) is 0 Å². The van der Waals surface area contributed by atoms with Gasteiger partial charge in [0.15, 0.2) is 11.6 Å². The Kier molecular flexibility index (Phi) is 4.06. The molecule has 0 aliphatic heterocycles. The Hall–Kier alpha value is -2.24. The summed E-state index contributed by atoms with van der Waals surface area (Å²) in [7, 11) is 0. The first-order chi connectivity index (χ1) is 9.86. The normalized spacial score (nSPS) is 11.1. The van der Waals surface area contributed by atoms with E-state index in [-0.39, 0.29) is 23.0 Å². The van der Waals surface area contributed by atoms with Crippen molar-refractivity contribution in [2.75, 3.05) is 5.73 Å². The van der Waals surface area contributed by atoms with Crippen LogP contribution in [0.3, 0.4) is 0 Å². The fourth-order valence-electron chi connectivity index (χ4n) is 2.15. The number of imidazole rings is 1. The molecular weight excluding hydrogens is 279 g/mol. The van der Waals surface area contributed by atoms with Crippen LogP contribution in [0.5, 0.6) is 0 Å². The summed E-state index contributed by atoms with van der Waals surface area (Å²) in [5.41, 5.74) is 5.94. The van der Waals surface area contributed by atoms with E-state index in [9.17, 15) is 13.2 Å². The van der Waals surface area contributed by atoms with E-state index in [0.717, 1.165) is 6.07 Å². The van der Waals surface area contributed by atoms with Crippen LogP contribution < -0.4 is 5.73 Å². The highest BCUT2D eigenvalue weighted by atomic mass is 19.2. The van der Waals surface area contributed by atoms with E-state index in [1.54, 1.807) is 10.6 Å². The molecule has 0 atom stereocenters. The zero-order valence-electron chi connectivity index (χ0n) is 11.8. The molecule has 3 nitrogen and oxygen atoms in total. The molecule has 2 N–H and O–H groups in total. The van der Waals surface area contributed by atoms with Crippen LogP contribution in [0.4, 0.5) is 19.0 Å². The Morgan fingerprint density at radius 1 is 1.24 bits per heavy atom. The molecule has 1 aromatic heterocycles. The molecule has 1 heterocycles. The van der Waals surface area contributed by atoms with E-state index in [1.165, 1.54) is 0 Å². The molecule has 0 fully saturated rings. The summed E-state index contributed by atoms with van der Waals surface area (Å²) in [5, 5.41) is 0. The van der Waals surface area contributed by atoms with Crippen molar-refractivity contribution < 1.29 is 13.2 Å². The molecule has 0 spiro atoms. The van der Waals surface area contributed by atoms with Crippen molar-refractivity contribution in [1.29, 1.82) is 0 Å². The van der Waals surface area contributed by atoms with Crippen LogP contribution in [-0.2, 0) is 6.54 Å². The van der Waals surface area contributed by atoms with Gasteiger partial charge in [-0.05, 0) is 6.07 Å². The zero-order valence-corrected chi connectivity index (χ0v) is 11.8. The third-order valence-corrected chi connectivity index (χ3v) is 3.13. The molecule has 1 aromatic carbocycles. The Balaban J connectivity index is 2.67. The molecule has 2 aromatic rings. The third kappa shape index (κ3) is 2.66. The quantitative estimate of drug-likeness (QED) is 0.687. The summed E-state index contributed by atoms with van der Waals surface area (Å²) in [4.78, 5) is 4.29. The zero-order chi connectivity index (χ0) is 15.7. The summed E-state index contributed by atoms with van der Waals surface area (Å²) in [6.45, 7) is 7.85. The highest BCUT2D eigenvalue weighted by molar-refractivity contribution is 5.71. The predicted molar refractivity (Wildman–Crippen MR) is 76.2 cm³/mol. The summed E-state index contributed by atoms with van der Waals surface area (Å²) < 4.78 is 41.9. The van der Waals surface area contributed by atoms with Gasteiger partial charge < -0.3 is 10.3 Å². The Morgan fingerprint density at radius 3 is 2.43 bits per heavy atom. The van der Waals surface area contributed by atoms with Gasteiger partial charge in [-0.3, -0.25) is 0 Å². The van der Waals surface area contributed by atoms with Crippen molar-refractivity contribution in [1.82, 2.24) is 9.55 Å². The van der Waals surface area contributed by atoms with Crippen LogP contribution in [0.25, 0.3) is 11.3 Å². The molecule has 0 saturated carbocycles. The minimum Gasteiger partial charge on any atom is -0.383 e. The van der Waals surface area contributed by atoms with Gasteiger partial charge in [0, 0.05) is 24.1 Å². The SMILES string of the molecule is C=CCn1c(C(C)C)nc(-c2cc(F)c(F)cc2F)c1N. The van der Waals surface area contributed by atoms with Gasteiger partial charge >= 0.3 is 0 Å². The monoisotopic (exact) mass is 295 g/mol. The molecule has 0 unspecified atom stereocenters. The lowest BCUT2D eigenvalue weighted by Crippen LogP contribution is -2.07. The molecule has 0 aliphatic carbocycles. The number of nitrogens with two attached hydrogens (primary N) is 1. The van der Waals surface area contributed by atoms with Crippen LogP contribution in [0.2, 0.25) is 0 Å². The molecule has 112 valence electrons. The average molecular weight is 295 g/mol. The van der Waals surface area contributed by atoms with E-state index >= 15 is 0 Å². The lowest BCUT2D eigenvalue weighted by molar-refractivity contribution is 0.496. The maximum absolute atomic E-state index is 13.9. The van der Waals surface area contributed by atoms with Crippen molar-refractivity contribution in [3.8, 4) is 11.3 Å². The maximum atomic E-state index is 13.9. The fraction of sp³-hybridized carbons (Fsp3) is 0.267. The smallest absolute Gasteiger partial charge is 0.161 e.